The molecule has 6 heteroatoms. The lowest BCUT2D eigenvalue weighted by Crippen LogP contribution is -2.27. The summed E-state index contributed by atoms with van der Waals surface area (Å²) >= 11 is 1.36. The molecule has 2 rings (SSSR count). The molecule has 4 nitrogen and oxygen atoms in total. The highest BCUT2D eigenvalue weighted by Gasteiger charge is 2.24. The summed E-state index contributed by atoms with van der Waals surface area (Å²) in [6.07, 6.45) is 0. The van der Waals surface area contributed by atoms with Crippen LogP contribution in [0.25, 0.3) is 0 Å². The number of anilines is 1. The molecule has 0 saturated carbocycles. The van der Waals surface area contributed by atoms with E-state index in [-0.39, 0.29) is 6.54 Å². The molecule has 0 amide bonds. The van der Waals surface area contributed by atoms with Crippen LogP contribution in [-0.4, -0.2) is 15.5 Å². The molecule has 0 atom stereocenters. The number of nitrogens with two attached hydrogens (primary N) is 1. The van der Waals surface area contributed by atoms with Gasteiger partial charge in [0.05, 0.1) is 5.69 Å². The van der Waals surface area contributed by atoms with Crippen LogP contribution in [0.3, 0.4) is 0 Å². The molecule has 0 aliphatic carbocycles. The molecular formula is C12H14N2O2S2. The first kappa shape index (κ1) is 13.1. The smallest absolute Gasteiger partial charge is 0.265 e. The first-order valence-corrected chi connectivity index (χ1v) is 7.69. The summed E-state index contributed by atoms with van der Waals surface area (Å²) in [5.41, 5.74) is 6.19. The Bertz CT molecular complexity index is 621. The van der Waals surface area contributed by atoms with Crippen LogP contribution < -0.4 is 10.0 Å². The number of rotatable bonds is 4. The molecule has 0 bridgehead atoms. The van der Waals surface area contributed by atoms with Gasteiger partial charge >= 0.3 is 0 Å². The summed E-state index contributed by atoms with van der Waals surface area (Å²) < 4.78 is 26.2. The van der Waals surface area contributed by atoms with Gasteiger partial charge in [-0.3, -0.25) is 4.31 Å². The minimum atomic E-state index is -3.53. The Hall–Kier alpha value is -1.37. The third kappa shape index (κ3) is 2.27. The minimum Gasteiger partial charge on any atom is -0.326 e. The van der Waals surface area contributed by atoms with E-state index in [0.717, 1.165) is 0 Å². The van der Waals surface area contributed by atoms with Gasteiger partial charge in [-0.2, -0.15) is 0 Å². The fourth-order valence-corrected chi connectivity index (χ4v) is 4.13. The minimum absolute atomic E-state index is 0.231. The second-order valence-electron chi connectivity index (χ2n) is 3.72. The molecule has 96 valence electrons. The van der Waals surface area contributed by atoms with Crippen LogP contribution >= 0.6 is 11.3 Å². The summed E-state index contributed by atoms with van der Waals surface area (Å²) in [6.45, 7) is 0.231. The number of hydrogen-bond acceptors (Lipinski definition) is 4. The van der Waals surface area contributed by atoms with Crippen molar-refractivity contribution >= 4 is 27.0 Å². The van der Waals surface area contributed by atoms with Gasteiger partial charge in [-0.15, -0.1) is 11.3 Å². The van der Waals surface area contributed by atoms with Gasteiger partial charge in [-0.05, 0) is 23.6 Å². The van der Waals surface area contributed by atoms with Gasteiger partial charge in [0, 0.05) is 18.5 Å². The van der Waals surface area contributed by atoms with Gasteiger partial charge in [0.25, 0.3) is 10.0 Å². The SMILES string of the molecule is CN(c1ccccc1)S(=O)(=O)c1ccsc1CN. The fraction of sp³-hybridized carbons (Fsp3) is 0.167. The molecular weight excluding hydrogens is 268 g/mol. The molecule has 0 spiro atoms. The quantitative estimate of drug-likeness (QED) is 0.933. The molecule has 0 saturated heterocycles. The zero-order valence-corrected chi connectivity index (χ0v) is 11.5. The number of thiophene rings is 1. The number of hydrogen-bond donors (Lipinski definition) is 1. The van der Waals surface area contributed by atoms with E-state index in [1.54, 1.807) is 42.8 Å². The lowest BCUT2D eigenvalue weighted by atomic mass is 10.3. The van der Waals surface area contributed by atoms with Crippen molar-refractivity contribution in [2.24, 2.45) is 5.73 Å². The zero-order valence-electron chi connectivity index (χ0n) is 9.91. The van der Waals surface area contributed by atoms with Crippen molar-refractivity contribution in [3.05, 3.63) is 46.7 Å². The summed E-state index contributed by atoms with van der Waals surface area (Å²) in [5.74, 6) is 0. The van der Waals surface area contributed by atoms with Crippen molar-refractivity contribution < 1.29 is 8.42 Å². The molecule has 0 aliphatic heterocycles. The topological polar surface area (TPSA) is 63.4 Å². The van der Waals surface area contributed by atoms with Gasteiger partial charge in [-0.25, -0.2) is 8.42 Å². The molecule has 1 heterocycles. The molecule has 18 heavy (non-hydrogen) atoms. The lowest BCUT2D eigenvalue weighted by Gasteiger charge is -2.19. The van der Waals surface area contributed by atoms with E-state index in [4.69, 9.17) is 5.73 Å². The summed E-state index contributed by atoms with van der Waals surface area (Å²) in [4.78, 5) is 0.971. The van der Waals surface area contributed by atoms with E-state index >= 15 is 0 Å². The van der Waals surface area contributed by atoms with Crippen LogP contribution in [0.2, 0.25) is 0 Å². The molecule has 0 aliphatic rings. The third-order valence-electron chi connectivity index (χ3n) is 2.65. The standard InChI is InChI=1S/C12H14N2O2S2/c1-14(10-5-3-2-4-6-10)18(15,16)12-7-8-17-11(12)9-13/h2-8H,9,13H2,1H3. The average Bonchev–Trinajstić information content (AvgIpc) is 2.88. The largest absolute Gasteiger partial charge is 0.326 e. The van der Waals surface area contributed by atoms with Crippen LogP contribution in [0.4, 0.5) is 5.69 Å². The average molecular weight is 282 g/mol. The van der Waals surface area contributed by atoms with E-state index in [1.807, 2.05) is 6.07 Å². The summed E-state index contributed by atoms with van der Waals surface area (Å²) in [6, 6.07) is 10.6. The lowest BCUT2D eigenvalue weighted by molar-refractivity contribution is 0.594. The number of sulfonamides is 1. The van der Waals surface area contributed by atoms with Gasteiger partial charge in [-0.1, -0.05) is 18.2 Å². The molecule has 0 radical (unpaired) electrons. The van der Waals surface area contributed by atoms with Crippen LogP contribution in [0.5, 0.6) is 0 Å². The van der Waals surface area contributed by atoms with Crippen LogP contribution in [0.15, 0.2) is 46.7 Å². The number of benzene rings is 1. The van der Waals surface area contributed by atoms with Gasteiger partial charge < -0.3 is 5.73 Å². The Labute approximate surface area is 111 Å². The Morgan fingerprint density at radius 2 is 1.89 bits per heavy atom. The van der Waals surface area contributed by atoms with E-state index in [2.05, 4.69) is 0 Å². The molecule has 1 aromatic heterocycles. The predicted molar refractivity (Wildman–Crippen MR) is 74.2 cm³/mol. The Morgan fingerprint density at radius 3 is 2.50 bits per heavy atom. The predicted octanol–water partition coefficient (Wildman–Crippen LogP) is 2.03. The first-order chi connectivity index (χ1) is 8.57. The van der Waals surface area contributed by atoms with Gasteiger partial charge in [0.15, 0.2) is 0 Å². The van der Waals surface area contributed by atoms with E-state index in [9.17, 15) is 8.42 Å². The maximum atomic E-state index is 12.5. The number of para-hydroxylation sites is 1. The highest BCUT2D eigenvalue weighted by atomic mass is 32.2. The van der Waals surface area contributed by atoms with E-state index in [0.29, 0.717) is 15.5 Å². The maximum Gasteiger partial charge on any atom is 0.265 e. The summed E-state index contributed by atoms with van der Waals surface area (Å²) in [7, 11) is -1.98. The molecule has 0 unspecified atom stereocenters. The molecule has 1 aromatic carbocycles. The molecule has 2 N–H and O–H groups in total. The second kappa shape index (κ2) is 5.09. The Morgan fingerprint density at radius 1 is 1.22 bits per heavy atom. The van der Waals surface area contributed by atoms with Crippen LogP contribution in [0.1, 0.15) is 4.88 Å². The number of nitrogens with zero attached hydrogens (tertiary/aromatic N) is 1. The molecule has 2 aromatic rings. The normalized spacial score (nSPS) is 11.4. The van der Waals surface area contributed by atoms with Gasteiger partial charge in [0.2, 0.25) is 0 Å². The van der Waals surface area contributed by atoms with Crippen molar-refractivity contribution in [2.75, 3.05) is 11.4 Å². The van der Waals surface area contributed by atoms with E-state index in [1.165, 1.54) is 15.6 Å². The third-order valence-corrected chi connectivity index (χ3v) is 5.59. The maximum absolute atomic E-state index is 12.5. The van der Waals surface area contributed by atoms with Gasteiger partial charge in [0.1, 0.15) is 4.90 Å². The Kier molecular flexibility index (Phi) is 3.70. The van der Waals surface area contributed by atoms with Crippen LogP contribution in [-0.2, 0) is 16.6 Å². The fourth-order valence-electron chi connectivity index (χ4n) is 1.63. The van der Waals surface area contributed by atoms with Crippen molar-refractivity contribution in [1.29, 1.82) is 0 Å². The molecule has 0 fully saturated rings. The Balaban J connectivity index is 2.44. The highest BCUT2D eigenvalue weighted by Crippen LogP contribution is 2.27. The second-order valence-corrected chi connectivity index (χ2v) is 6.66. The zero-order chi connectivity index (χ0) is 13.2. The monoisotopic (exact) mass is 282 g/mol. The van der Waals surface area contributed by atoms with Crippen molar-refractivity contribution in [2.45, 2.75) is 11.4 Å². The van der Waals surface area contributed by atoms with Crippen molar-refractivity contribution in [3.8, 4) is 0 Å². The highest BCUT2D eigenvalue weighted by molar-refractivity contribution is 7.93. The summed E-state index contributed by atoms with van der Waals surface area (Å²) in [5, 5.41) is 1.74. The van der Waals surface area contributed by atoms with Crippen molar-refractivity contribution in [3.63, 3.8) is 0 Å². The van der Waals surface area contributed by atoms with Crippen LogP contribution in [0, 0.1) is 0 Å². The van der Waals surface area contributed by atoms with Crippen molar-refractivity contribution in [1.82, 2.24) is 0 Å². The first-order valence-electron chi connectivity index (χ1n) is 5.38. The van der Waals surface area contributed by atoms with E-state index < -0.39 is 10.0 Å².